The van der Waals surface area contributed by atoms with Crippen LogP contribution in [-0.2, 0) is 11.3 Å². The number of hydrogen-bond donors (Lipinski definition) is 3. The van der Waals surface area contributed by atoms with E-state index in [-0.39, 0.29) is 29.4 Å². The van der Waals surface area contributed by atoms with Crippen molar-refractivity contribution in [2.45, 2.75) is 26.0 Å². The van der Waals surface area contributed by atoms with Crippen molar-refractivity contribution in [1.29, 1.82) is 0 Å². The molecule has 13 heteroatoms. The highest BCUT2D eigenvalue weighted by molar-refractivity contribution is 6.01. The number of ether oxygens (including phenoxy) is 1. The Morgan fingerprint density at radius 3 is 2.52 bits per heavy atom. The van der Waals surface area contributed by atoms with Crippen LogP contribution in [0, 0.1) is 0 Å². The van der Waals surface area contributed by atoms with Crippen molar-refractivity contribution in [2.75, 3.05) is 25.0 Å². The summed E-state index contributed by atoms with van der Waals surface area (Å²) in [5, 5.41) is 17.0. The maximum absolute atomic E-state index is 14.0. The molecule has 0 saturated carbocycles. The molecule has 1 aliphatic rings. The molecule has 13 nitrogen and oxygen atoms in total. The molecule has 1 fully saturated rings. The number of aliphatic hydroxyl groups is 1. The first-order valence-corrected chi connectivity index (χ1v) is 16.2. The van der Waals surface area contributed by atoms with Gasteiger partial charge in [-0.1, -0.05) is 54.6 Å². The number of carbonyl (C=O) groups is 2. The van der Waals surface area contributed by atoms with Gasteiger partial charge in [-0.15, -0.1) is 0 Å². The Balaban J connectivity index is 1.22. The number of nitrogens with one attached hydrogen (secondary N) is 2. The van der Waals surface area contributed by atoms with Crippen LogP contribution in [0.2, 0.25) is 0 Å². The molecule has 6 aromatic rings. The first kappa shape index (κ1) is 32.4. The largest absolute Gasteiger partial charge is 0.461 e. The molecule has 50 heavy (non-hydrogen) atoms. The van der Waals surface area contributed by atoms with Crippen LogP contribution in [0.1, 0.15) is 29.4 Å². The van der Waals surface area contributed by atoms with E-state index in [0.717, 1.165) is 40.8 Å². The number of benzene rings is 3. The second kappa shape index (κ2) is 13.7. The lowest BCUT2D eigenvalue weighted by Crippen LogP contribution is -2.42. The summed E-state index contributed by atoms with van der Waals surface area (Å²) >= 11 is 0. The topological polar surface area (TPSA) is 164 Å². The number of pyridine rings is 1. The maximum Gasteiger partial charge on any atom is 0.361 e. The molecule has 7 rings (SSSR count). The number of esters is 1. The number of anilines is 1. The van der Waals surface area contributed by atoms with Crippen molar-refractivity contribution in [3.63, 3.8) is 0 Å². The van der Waals surface area contributed by atoms with Crippen molar-refractivity contribution >= 4 is 28.7 Å². The number of aromatic nitrogens is 5. The third kappa shape index (κ3) is 6.34. The number of hydrogen-bond acceptors (Lipinski definition) is 9. The summed E-state index contributed by atoms with van der Waals surface area (Å²) in [6.07, 6.45) is 3.78. The zero-order chi connectivity index (χ0) is 34.8. The van der Waals surface area contributed by atoms with Gasteiger partial charge in [-0.25, -0.2) is 19.1 Å². The van der Waals surface area contributed by atoms with E-state index in [0.29, 0.717) is 29.0 Å². The average molecular weight is 672 g/mol. The maximum atomic E-state index is 14.0. The van der Waals surface area contributed by atoms with Crippen molar-refractivity contribution in [2.24, 2.45) is 0 Å². The zero-order valence-corrected chi connectivity index (χ0v) is 27.1. The summed E-state index contributed by atoms with van der Waals surface area (Å²) in [4.78, 5) is 62.6. The van der Waals surface area contributed by atoms with Gasteiger partial charge in [0.15, 0.2) is 11.2 Å². The molecule has 1 unspecified atom stereocenters. The molecule has 1 aliphatic heterocycles. The SMILES string of the molecule is CCOC(=O)c1nn(-c2cccc(-c3cccnc3)c2)c2c(=O)n(C(=O)Nc3ccc(-c4ccccc4CN4CCC(O)C4)cc3)c(=O)[nH]c12. The van der Waals surface area contributed by atoms with Crippen molar-refractivity contribution in [3.05, 3.63) is 129 Å². The van der Waals surface area contributed by atoms with Crippen LogP contribution in [0.4, 0.5) is 10.5 Å². The molecule has 252 valence electrons. The highest BCUT2D eigenvalue weighted by Gasteiger charge is 2.26. The molecule has 1 amide bonds. The summed E-state index contributed by atoms with van der Waals surface area (Å²) in [6, 6.07) is 24.8. The molecule has 0 spiro atoms. The second-order valence-electron chi connectivity index (χ2n) is 11.9. The van der Waals surface area contributed by atoms with Gasteiger partial charge in [0.25, 0.3) is 5.56 Å². The molecule has 1 saturated heterocycles. The number of β-amino-alcohol motifs (C(OH)–C–C–N with tert-alkyl or cyclic N) is 1. The Hall–Kier alpha value is -6.18. The minimum absolute atomic E-state index is 0.0420. The minimum Gasteiger partial charge on any atom is -0.461 e. The molecule has 0 aliphatic carbocycles. The summed E-state index contributed by atoms with van der Waals surface area (Å²) in [7, 11) is 0. The number of amides is 1. The van der Waals surface area contributed by atoms with Crippen molar-refractivity contribution in [3.8, 4) is 27.9 Å². The number of rotatable bonds is 8. The van der Waals surface area contributed by atoms with Crippen LogP contribution in [0.15, 0.2) is 107 Å². The third-order valence-corrected chi connectivity index (χ3v) is 8.59. The normalized spacial score (nSPS) is 14.6. The fourth-order valence-electron chi connectivity index (χ4n) is 6.21. The van der Waals surface area contributed by atoms with Gasteiger partial charge >= 0.3 is 17.7 Å². The van der Waals surface area contributed by atoms with E-state index in [1.807, 2.05) is 42.5 Å². The van der Waals surface area contributed by atoms with Crippen LogP contribution in [0.25, 0.3) is 39.0 Å². The van der Waals surface area contributed by atoms with Gasteiger partial charge in [0.1, 0.15) is 5.52 Å². The number of carbonyl (C=O) groups excluding carboxylic acids is 2. The molecule has 3 aromatic heterocycles. The lowest BCUT2D eigenvalue weighted by Gasteiger charge is -2.18. The fraction of sp³-hybridized carbons (Fsp3) is 0.189. The molecular formula is C37H33N7O6. The number of fused-ring (bicyclic) bond motifs is 1. The zero-order valence-electron chi connectivity index (χ0n) is 27.1. The lowest BCUT2D eigenvalue weighted by molar-refractivity contribution is 0.0521. The summed E-state index contributed by atoms with van der Waals surface area (Å²) in [6.45, 7) is 3.82. The molecule has 4 heterocycles. The quantitative estimate of drug-likeness (QED) is 0.199. The number of H-pyrrole nitrogens is 1. The molecule has 0 radical (unpaired) electrons. The molecule has 1 atom stereocenters. The van der Waals surface area contributed by atoms with Gasteiger partial charge in [0.05, 0.1) is 18.4 Å². The number of nitrogens with zero attached hydrogens (tertiary/aromatic N) is 5. The second-order valence-corrected chi connectivity index (χ2v) is 11.9. The minimum atomic E-state index is -1.05. The van der Waals surface area contributed by atoms with E-state index in [1.54, 1.807) is 55.7 Å². The molecule has 0 bridgehead atoms. The van der Waals surface area contributed by atoms with E-state index in [1.165, 1.54) is 4.68 Å². The van der Waals surface area contributed by atoms with Gasteiger partial charge < -0.3 is 20.1 Å². The van der Waals surface area contributed by atoms with E-state index in [9.17, 15) is 24.3 Å². The van der Waals surface area contributed by atoms with E-state index in [2.05, 4.69) is 31.3 Å². The van der Waals surface area contributed by atoms with E-state index >= 15 is 0 Å². The number of likely N-dealkylation sites (tertiary alicyclic amines) is 1. The predicted molar refractivity (Wildman–Crippen MR) is 187 cm³/mol. The number of aromatic amines is 1. The predicted octanol–water partition coefficient (Wildman–Crippen LogP) is 4.43. The van der Waals surface area contributed by atoms with Gasteiger partial charge in [-0.05, 0) is 65.9 Å². The van der Waals surface area contributed by atoms with E-state index in [4.69, 9.17) is 4.74 Å². The smallest absolute Gasteiger partial charge is 0.361 e. The van der Waals surface area contributed by atoms with Crippen LogP contribution >= 0.6 is 0 Å². The van der Waals surface area contributed by atoms with Gasteiger partial charge in [0.2, 0.25) is 0 Å². The van der Waals surface area contributed by atoms with Gasteiger partial charge in [0, 0.05) is 43.3 Å². The fourth-order valence-corrected chi connectivity index (χ4v) is 6.21. The Morgan fingerprint density at radius 2 is 1.78 bits per heavy atom. The summed E-state index contributed by atoms with van der Waals surface area (Å²) < 4.78 is 6.81. The van der Waals surface area contributed by atoms with Crippen LogP contribution in [0.3, 0.4) is 0 Å². The Labute approximate surface area is 285 Å². The molecule has 3 N–H and O–H groups in total. The lowest BCUT2D eigenvalue weighted by atomic mass is 9.99. The van der Waals surface area contributed by atoms with Gasteiger partial charge in [-0.2, -0.15) is 9.67 Å². The molecular weight excluding hydrogens is 638 g/mol. The first-order valence-electron chi connectivity index (χ1n) is 16.2. The Bertz CT molecular complexity index is 2330. The monoisotopic (exact) mass is 671 g/mol. The third-order valence-electron chi connectivity index (χ3n) is 8.59. The van der Waals surface area contributed by atoms with Crippen LogP contribution in [-0.4, -0.2) is 72.1 Å². The van der Waals surface area contributed by atoms with Crippen molar-refractivity contribution < 1.29 is 19.4 Å². The molecule has 3 aromatic carbocycles. The Kier molecular flexibility index (Phi) is 8.90. The highest BCUT2D eigenvalue weighted by atomic mass is 16.5. The first-order chi connectivity index (χ1) is 24.3. The van der Waals surface area contributed by atoms with E-state index < -0.39 is 23.2 Å². The highest BCUT2D eigenvalue weighted by Crippen LogP contribution is 2.28. The average Bonchev–Trinajstić information content (AvgIpc) is 3.72. The number of aliphatic hydroxyl groups excluding tert-OH is 1. The summed E-state index contributed by atoms with van der Waals surface area (Å²) in [5.74, 6) is -0.836. The standard InChI is InChI=1S/C37H33N7O6/c1-2-50-35(47)32-31-33(44(41-32)28-10-5-8-24(19-28)25-9-6-17-38-20-25)34(46)43(37(49)40-31)36(48)39-27-14-12-23(13-15-27)30-11-4-3-7-26(30)21-42-18-16-29(45)22-42/h3-15,17,19-20,29,45H,2,16,18,21-22H2,1H3,(H,39,48)(H,40,49). The van der Waals surface area contributed by atoms with Gasteiger partial charge in [-0.3, -0.25) is 14.7 Å². The van der Waals surface area contributed by atoms with Crippen LogP contribution < -0.4 is 16.6 Å². The van der Waals surface area contributed by atoms with Crippen molar-refractivity contribution in [1.82, 2.24) is 29.2 Å². The Morgan fingerprint density at radius 1 is 0.980 bits per heavy atom. The van der Waals surface area contributed by atoms with Crippen LogP contribution in [0.5, 0.6) is 0 Å². The summed E-state index contributed by atoms with van der Waals surface area (Å²) in [5.41, 5.74) is 2.73.